The molecule has 0 bridgehead atoms. The molecule has 1 N–H and O–H groups in total. The largest absolute Gasteiger partial charge is 0.493 e. The van der Waals surface area contributed by atoms with Gasteiger partial charge in [0.2, 0.25) is 5.88 Å². The quantitative estimate of drug-likeness (QED) is 0.386. The van der Waals surface area contributed by atoms with Gasteiger partial charge in [-0.15, -0.1) is 11.3 Å². The predicted molar refractivity (Wildman–Crippen MR) is 146 cm³/mol. The van der Waals surface area contributed by atoms with E-state index < -0.39 is 11.5 Å². The molecule has 0 spiro atoms. The number of aromatic hydroxyl groups is 1. The predicted octanol–water partition coefficient (Wildman–Crippen LogP) is 5.12. The molecule has 1 aliphatic heterocycles. The van der Waals surface area contributed by atoms with Crippen molar-refractivity contribution in [3.63, 3.8) is 0 Å². The zero-order valence-corrected chi connectivity index (χ0v) is 22.1. The second-order valence-corrected chi connectivity index (χ2v) is 10.4. The van der Waals surface area contributed by atoms with Crippen molar-refractivity contribution in [2.75, 3.05) is 13.1 Å². The minimum atomic E-state index is -0.741. The van der Waals surface area contributed by atoms with E-state index in [1.807, 2.05) is 62.5 Å². The van der Waals surface area contributed by atoms with Crippen LogP contribution in [-0.4, -0.2) is 43.5 Å². The van der Waals surface area contributed by atoms with E-state index >= 15 is 0 Å². The van der Waals surface area contributed by atoms with Crippen molar-refractivity contribution >= 4 is 17.2 Å². The minimum Gasteiger partial charge on any atom is -0.493 e. The standard InChI is InChI=1S/C29H30N4O3S/c1-4-19-12-9-13-20(5-2)25(19)33-26(23-17-37-18(3)30-23)31-27(34)24(29(33)36)28(35)32-15-14-22(16-32)21-10-7-6-8-11-21/h6-13,17,22,36H,4-5,14-16H2,1-3H3/t22-/m1/s1. The third kappa shape index (κ3) is 4.57. The normalized spacial score (nSPS) is 15.3. The number of carbonyl (C=O) groups is 1. The summed E-state index contributed by atoms with van der Waals surface area (Å²) in [6, 6.07) is 16.0. The molecule has 0 saturated carbocycles. The highest BCUT2D eigenvalue weighted by Gasteiger charge is 2.33. The summed E-state index contributed by atoms with van der Waals surface area (Å²) < 4.78 is 1.56. The van der Waals surface area contributed by atoms with Crippen molar-refractivity contribution in [1.82, 2.24) is 19.4 Å². The monoisotopic (exact) mass is 514 g/mol. The maximum atomic E-state index is 13.7. The van der Waals surface area contributed by atoms with Crippen LogP contribution in [0, 0.1) is 6.92 Å². The highest BCUT2D eigenvalue weighted by molar-refractivity contribution is 7.09. The Morgan fingerprint density at radius 3 is 2.38 bits per heavy atom. The van der Waals surface area contributed by atoms with Gasteiger partial charge in [-0.05, 0) is 42.9 Å². The number of rotatable bonds is 6. The van der Waals surface area contributed by atoms with E-state index in [-0.39, 0.29) is 23.2 Å². The molecule has 1 saturated heterocycles. The van der Waals surface area contributed by atoms with Crippen molar-refractivity contribution in [2.45, 2.75) is 46.0 Å². The number of benzene rings is 2. The van der Waals surface area contributed by atoms with Crippen LogP contribution in [0.3, 0.4) is 0 Å². The molecule has 0 aliphatic carbocycles. The van der Waals surface area contributed by atoms with E-state index in [0.717, 1.165) is 33.8 Å². The van der Waals surface area contributed by atoms with Crippen molar-refractivity contribution in [1.29, 1.82) is 0 Å². The number of amides is 1. The second-order valence-electron chi connectivity index (χ2n) is 9.31. The number of hydrogen-bond donors (Lipinski definition) is 1. The number of likely N-dealkylation sites (tertiary alicyclic amines) is 1. The molecule has 1 atom stereocenters. The van der Waals surface area contributed by atoms with E-state index in [1.165, 1.54) is 11.3 Å². The first-order valence-electron chi connectivity index (χ1n) is 12.7. The van der Waals surface area contributed by atoms with Crippen LogP contribution in [0.1, 0.15) is 58.2 Å². The summed E-state index contributed by atoms with van der Waals surface area (Å²) in [5.41, 5.74) is 3.33. The summed E-state index contributed by atoms with van der Waals surface area (Å²) in [6.07, 6.45) is 2.21. The Morgan fingerprint density at radius 2 is 1.76 bits per heavy atom. The highest BCUT2D eigenvalue weighted by Crippen LogP contribution is 2.34. The maximum Gasteiger partial charge on any atom is 0.290 e. The Kier molecular flexibility index (Phi) is 6.93. The van der Waals surface area contributed by atoms with Crippen LogP contribution in [0.2, 0.25) is 0 Å². The zero-order chi connectivity index (χ0) is 26.1. The van der Waals surface area contributed by atoms with Gasteiger partial charge in [0.05, 0.1) is 10.7 Å². The summed E-state index contributed by atoms with van der Waals surface area (Å²) in [4.78, 5) is 37.6. The van der Waals surface area contributed by atoms with Gasteiger partial charge in [0, 0.05) is 24.4 Å². The minimum absolute atomic E-state index is 0.187. The van der Waals surface area contributed by atoms with Crippen LogP contribution in [0.15, 0.2) is 58.7 Å². The van der Waals surface area contributed by atoms with Gasteiger partial charge in [-0.2, -0.15) is 4.98 Å². The van der Waals surface area contributed by atoms with E-state index in [9.17, 15) is 14.7 Å². The molecular formula is C29H30N4O3S. The summed E-state index contributed by atoms with van der Waals surface area (Å²) in [5.74, 6) is -0.450. The van der Waals surface area contributed by atoms with Crippen LogP contribution in [0.5, 0.6) is 5.88 Å². The van der Waals surface area contributed by atoms with E-state index in [4.69, 9.17) is 0 Å². The van der Waals surface area contributed by atoms with Gasteiger partial charge < -0.3 is 10.0 Å². The first-order valence-corrected chi connectivity index (χ1v) is 13.5. The maximum absolute atomic E-state index is 13.7. The number of aromatic nitrogens is 3. The summed E-state index contributed by atoms with van der Waals surface area (Å²) in [5, 5.41) is 14.3. The lowest BCUT2D eigenvalue weighted by Crippen LogP contribution is -2.34. The Morgan fingerprint density at radius 1 is 1.05 bits per heavy atom. The number of nitrogens with zero attached hydrogens (tertiary/aromatic N) is 4. The van der Waals surface area contributed by atoms with Crippen molar-refractivity contribution in [3.05, 3.63) is 91.5 Å². The highest BCUT2D eigenvalue weighted by atomic mass is 32.1. The first kappa shape index (κ1) is 24.9. The molecular weight excluding hydrogens is 484 g/mol. The second kappa shape index (κ2) is 10.3. The zero-order valence-electron chi connectivity index (χ0n) is 21.3. The lowest BCUT2D eigenvalue weighted by molar-refractivity contribution is 0.0784. The smallest absolute Gasteiger partial charge is 0.290 e. The SMILES string of the molecule is CCc1cccc(CC)c1-n1c(-c2csc(C)n2)nc(=O)c(C(=O)N2CC[C@@H](c3ccccc3)C2)c1O. The van der Waals surface area contributed by atoms with Crippen LogP contribution in [0.25, 0.3) is 17.2 Å². The molecule has 8 heteroatoms. The molecule has 0 unspecified atom stereocenters. The molecule has 0 radical (unpaired) electrons. The third-order valence-corrected chi connectivity index (χ3v) is 7.84. The number of para-hydroxylation sites is 1. The molecule has 7 nitrogen and oxygen atoms in total. The number of thiazole rings is 1. The van der Waals surface area contributed by atoms with Crippen LogP contribution >= 0.6 is 11.3 Å². The topological polar surface area (TPSA) is 88.3 Å². The summed E-state index contributed by atoms with van der Waals surface area (Å²) in [6.45, 7) is 6.95. The van der Waals surface area contributed by atoms with Crippen molar-refractivity contribution in [3.8, 4) is 23.1 Å². The Balaban J connectivity index is 1.66. The van der Waals surface area contributed by atoms with Gasteiger partial charge in [-0.3, -0.25) is 14.2 Å². The van der Waals surface area contributed by atoms with E-state index in [0.29, 0.717) is 31.6 Å². The van der Waals surface area contributed by atoms with Crippen LogP contribution < -0.4 is 5.56 Å². The fourth-order valence-corrected chi connectivity index (χ4v) is 5.74. The average Bonchev–Trinajstić information content (AvgIpc) is 3.58. The molecule has 2 aromatic heterocycles. The van der Waals surface area contributed by atoms with Crippen molar-refractivity contribution < 1.29 is 9.90 Å². The van der Waals surface area contributed by atoms with E-state index in [2.05, 4.69) is 22.1 Å². The Bertz CT molecular complexity index is 1490. The van der Waals surface area contributed by atoms with Gasteiger partial charge >= 0.3 is 0 Å². The number of hydrogen-bond acceptors (Lipinski definition) is 6. The lowest BCUT2D eigenvalue weighted by Gasteiger charge is -2.23. The van der Waals surface area contributed by atoms with Crippen LogP contribution in [-0.2, 0) is 12.8 Å². The molecule has 3 heterocycles. The van der Waals surface area contributed by atoms with Gasteiger partial charge in [0.15, 0.2) is 11.4 Å². The summed E-state index contributed by atoms with van der Waals surface area (Å²) in [7, 11) is 0. The first-order chi connectivity index (χ1) is 17.9. The number of carbonyl (C=O) groups excluding carboxylic acids is 1. The van der Waals surface area contributed by atoms with Crippen LogP contribution in [0.4, 0.5) is 0 Å². The van der Waals surface area contributed by atoms with Gasteiger partial charge in [-0.25, -0.2) is 4.98 Å². The average molecular weight is 515 g/mol. The summed E-state index contributed by atoms with van der Waals surface area (Å²) >= 11 is 1.44. The molecule has 1 fully saturated rings. The molecule has 5 rings (SSSR count). The van der Waals surface area contributed by atoms with Gasteiger partial charge in [0.25, 0.3) is 11.5 Å². The van der Waals surface area contributed by atoms with Gasteiger partial charge in [0.1, 0.15) is 5.69 Å². The molecule has 1 amide bonds. The molecule has 4 aromatic rings. The molecule has 37 heavy (non-hydrogen) atoms. The third-order valence-electron chi connectivity index (χ3n) is 7.07. The Labute approximate surface area is 220 Å². The molecule has 190 valence electrons. The fraction of sp³-hybridized carbons (Fsp3) is 0.310. The molecule has 1 aliphatic rings. The fourth-order valence-electron chi connectivity index (χ4n) is 5.15. The lowest BCUT2D eigenvalue weighted by atomic mass is 9.99. The van der Waals surface area contributed by atoms with Gasteiger partial charge in [-0.1, -0.05) is 62.4 Å². The van der Waals surface area contributed by atoms with Crippen molar-refractivity contribution in [2.24, 2.45) is 0 Å². The number of aryl methyl sites for hydroxylation is 3. The Hall–Kier alpha value is -3.78. The molecule has 2 aromatic carbocycles. The van der Waals surface area contributed by atoms with E-state index in [1.54, 1.807) is 9.47 Å².